The minimum Gasteiger partial charge on any atom is -0.463 e. The Morgan fingerprint density at radius 1 is 1.27 bits per heavy atom. The maximum atomic E-state index is 13.2. The van der Waals surface area contributed by atoms with Gasteiger partial charge in [0, 0.05) is 22.7 Å². The molecule has 3 aromatic rings. The minimum absolute atomic E-state index is 0.0770. The third kappa shape index (κ3) is 3.56. The van der Waals surface area contributed by atoms with E-state index >= 15 is 0 Å². The molecule has 6 nitrogen and oxygen atoms in total. The van der Waals surface area contributed by atoms with Crippen LogP contribution in [0.15, 0.2) is 45.9 Å². The van der Waals surface area contributed by atoms with Gasteiger partial charge in [0.25, 0.3) is 11.5 Å². The van der Waals surface area contributed by atoms with E-state index in [1.165, 1.54) is 6.26 Å². The van der Waals surface area contributed by atoms with E-state index in [0.717, 1.165) is 36.8 Å². The van der Waals surface area contributed by atoms with E-state index < -0.39 is 5.54 Å². The van der Waals surface area contributed by atoms with E-state index in [4.69, 9.17) is 4.42 Å². The SMILES string of the molecule is CC(C)(C)c1cc(-c2ccc[nH]c2=O)cc2c(C(=O)NC3(CO)CCCC3)coc12. The first-order valence-electron chi connectivity index (χ1n) is 10.4. The third-order valence-electron chi connectivity index (χ3n) is 6.10. The third-order valence-corrected chi connectivity index (χ3v) is 6.10. The van der Waals surface area contributed by atoms with Crippen molar-refractivity contribution >= 4 is 16.9 Å². The maximum Gasteiger partial charge on any atom is 0.255 e. The smallest absolute Gasteiger partial charge is 0.255 e. The number of fused-ring (bicyclic) bond motifs is 1. The quantitative estimate of drug-likeness (QED) is 0.605. The summed E-state index contributed by atoms with van der Waals surface area (Å²) in [5.74, 6) is -0.260. The van der Waals surface area contributed by atoms with E-state index in [-0.39, 0.29) is 23.5 Å². The maximum absolute atomic E-state index is 13.2. The Morgan fingerprint density at radius 3 is 2.63 bits per heavy atom. The lowest BCUT2D eigenvalue weighted by atomic mass is 9.84. The zero-order chi connectivity index (χ0) is 21.5. The van der Waals surface area contributed by atoms with Gasteiger partial charge in [-0.1, -0.05) is 33.6 Å². The van der Waals surface area contributed by atoms with Gasteiger partial charge in [-0.2, -0.15) is 0 Å². The van der Waals surface area contributed by atoms with Crippen molar-refractivity contribution in [1.29, 1.82) is 0 Å². The molecule has 1 aliphatic rings. The largest absolute Gasteiger partial charge is 0.463 e. The Hall–Kier alpha value is -2.86. The average molecular weight is 408 g/mol. The Kier molecular flexibility index (Phi) is 5.06. The molecule has 1 aliphatic carbocycles. The predicted octanol–water partition coefficient (Wildman–Crippen LogP) is 4.12. The molecule has 158 valence electrons. The number of aliphatic hydroxyl groups is 1. The van der Waals surface area contributed by atoms with Gasteiger partial charge in [0.05, 0.1) is 17.7 Å². The molecule has 2 aromatic heterocycles. The van der Waals surface area contributed by atoms with Crippen LogP contribution in [-0.4, -0.2) is 28.1 Å². The summed E-state index contributed by atoms with van der Waals surface area (Å²) in [6.45, 7) is 6.14. The summed E-state index contributed by atoms with van der Waals surface area (Å²) in [5.41, 5.74) is 2.27. The molecule has 0 saturated heterocycles. The van der Waals surface area contributed by atoms with Crippen molar-refractivity contribution in [2.75, 3.05) is 6.61 Å². The summed E-state index contributed by atoms with van der Waals surface area (Å²) in [6, 6.07) is 7.36. The van der Waals surface area contributed by atoms with Gasteiger partial charge in [0.15, 0.2) is 0 Å². The van der Waals surface area contributed by atoms with Crippen molar-refractivity contribution in [2.45, 2.75) is 57.4 Å². The van der Waals surface area contributed by atoms with E-state index in [9.17, 15) is 14.7 Å². The van der Waals surface area contributed by atoms with Crippen molar-refractivity contribution in [1.82, 2.24) is 10.3 Å². The number of carbonyl (C=O) groups is 1. The second kappa shape index (κ2) is 7.43. The van der Waals surface area contributed by atoms with Crippen molar-refractivity contribution in [3.05, 3.63) is 58.2 Å². The molecule has 0 bridgehead atoms. The van der Waals surface area contributed by atoms with Crippen LogP contribution in [0.25, 0.3) is 22.1 Å². The number of benzene rings is 1. The van der Waals surface area contributed by atoms with Gasteiger partial charge in [-0.15, -0.1) is 0 Å². The summed E-state index contributed by atoms with van der Waals surface area (Å²) in [4.78, 5) is 28.3. The molecule has 1 amide bonds. The molecule has 0 aliphatic heterocycles. The van der Waals surface area contributed by atoms with E-state index in [1.54, 1.807) is 18.3 Å². The van der Waals surface area contributed by atoms with Gasteiger partial charge >= 0.3 is 0 Å². The van der Waals surface area contributed by atoms with E-state index in [1.807, 2.05) is 12.1 Å². The van der Waals surface area contributed by atoms with E-state index in [2.05, 4.69) is 31.1 Å². The molecular formula is C24H28N2O4. The Morgan fingerprint density at radius 2 is 2.00 bits per heavy atom. The van der Waals surface area contributed by atoms with Gasteiger partial charge in [-0.25, -0.2) is 0 Å². The van der Waals surface area contributed by atoms with Gasteiger partial charge in [0.1, 0.15) is 11.8 Å². The number of hydrogen-bond donors (Lipinski definition) is 3. The topological polar surface area (TPSA) is 95.3 Å². The lowest BCUT2D eigenvalue weighted by Crippen LogP contribution is -2.49. The molecule has 1 fully saturated rings. The van der Waals surface area contributed by atoms with Gasteiger partial charge in [-0.05, 0) is 48.1 Å². The molecule has 3 N–H and O–H groups in total. The number of H-pyrrole nitrogens is 1. The fourth-order valence-electron chi connectivity index (χ4n) is 4.36. The zero-order valence-corrected chi connectivity index (χ0v) is 17.7. The fourth-order valence-corrected chi connectivity index (χ4v) is 4.36. The van der Waals surface area contributed by atoms with Crippen LogP contribution >= 0.6 is 0 Å². The highest BCUT2D eigenvalue weighted by Gasteiger charge is 2.35. The van der Waals surface area contributed by atoms with E-state index in [0.29, 0.717) is 22.1 Å². The van der Waals surface area contributed by atoms with Crippen LogP contribution in [-0.2, 0) is 5.41 Å². The van der Waals surface area contributed by atoms with Crippen LogP contribution in [0.1, 0.15) is 62.4 Å². The molecule has 30 heavy (non-hydrogen) atoms. The average Bonchev–Trinajstić information content (AvgIpc) is 3.34. The summed E-state index contributed by atoms with van der Waals surface area (Å²) in [6.07, 6.45) is 6.59. The highest BCUT2D eigenvalue weighted by Crippen LogP contribution is 2.37. The van der Waals surface area contributed by atoms with Crippen molar-refractivity contribution in [2.24, 2.45) is 0 Å². The molecule has 2 heterocycles. The summed E-state index contributed by atoms with van der Waals surface area (Å²) in [7, 11) is 0. The second-order valence-electron chi connectivity index (χ2n) is 9.31. The molecule has 0 radical (unpaired) electrons. The van der Waals surface area contributed by atoms with Gasteiger partial charge in [-0.3, -0.25) is 9.59 Å². The number of aliphatic hydroxyl groups excluding tert-OH is 1. The number of rotatable bonds is 4. The number of hydrogen-bond acceptors (Lipinski definition) is 4. The standard InChI is InChI=1S/C24H28N2O4/c1-23(2,3)19-12-15(16-7-6-10-25-21(16)28)11-17-18(13-30-20(17)19)22(29)26-24(14-27)8-4-5-9-24/h6-7,10-13,27H,4-5,8-9,14H2,1-3H3,(H,25,28)(H,26,29). The number of furan rings is 1. The van der Waals surface area contributed by atoms with Crippen LogP contribution in [0.3, 0.4) is 0 Å². The molecule has 1 saturated carbocycles. The number of amides is 1. The van der Waals surface area contributed by atoms with Crippen molar-refractivity contribution in [3.8, 4) is 11.1 Å². The molecule has 4 rings (SSSR count). The number of aromatic amines is 1. The van der Waals surface area contributed by atoms with Crippen LogP contribution in [0.4, 0.5) is 0 Å². The molecule has 0 atom stereocenters. The molecule has 0 spiro atoms. The number of aromatic nitrogens is 1. The summed E-state index contributed by atoms with van der Waals surface area (Å²) < 4.78 is 5.87. The lowest BCUT2D eigenvalue weighted by molar-refractivity contribution is 0.0839. The number of carbonyl (C=O) groups excluding carboxylic acids is 1. The second-order valence-corrected chi connectivity index (χ2v) is 9.31. The zero-order valence-electron chi connectivity index (χ0n) is 17.7. The first-order valence-corrected chi connectivity index (χ1v) is 10.4. The highest BCUT2D eigenvalue weighted by molar-refractivity contribution is 6.08. The molecule has 1 aromatic carbocycles. The fraction of sp³-hybridized carbons (Fsp3) is 0.417. The minimum atomic E-state index is -0.568. The van der Waals surface area contributed by atoms with Crippen LogP contribution < -0.4 is 10.9 Å². The Balaban J connectivity index is 1.86. The van der Waals surface area contributed by atoms with Crippen molar-refractivity contribution in [3.63, 3.8) is 0 Å². The van der Waals surface area contributed by atoms with Crippen LogP contribution in [0.2, 0.25) is 0 Å². The molecule has 6 heteroatoms. The predicted molar refractivity (Wildman–Crippen MR) is 117 cm³/mol. The highest BCUT2D eigenvalue weighted by atomic mass is 16.3. The first kappa shape index (κ1) is 20.4. The van der Waals surface area contributed by atoms with Crippen LogP contribution in [0, 0.1) is 0 Å². The first-order chi connectivity index (χ1) is 14.2. The normalized spacial score (nSPS) is 16.1. The van der Waals surface area contributed by atoms with Crippen LogP contribution in [0.5, 0.6) is 0 Å². The monoisotopic (exact) mass is 408 g/mol. The summed E-state index contributed by atoms with van der Waals surface area (Å²) in [5, 5.41) is 13.6. The van der Waals surface area contributed by atoms with Gasteiger partial charge in [0.2, 0.25) is 0 Å². The summed E-state index contributed by atoms with van der Waals surface area (Å²) >= 11 is 0. The Bertz CT molecular complexity index is 1140. The lowest BCUT2D eigenvalue weighted by Gasteiger charge is -2.27. The Labute approximate surface area is 175 Å². The van der Waals surface area contributed by atoms with Crippen molar-refractivity contribution < 1.29 is 14.3 Å². The molecule has 0 unspecified atom stereocenters. The molecular weight excluding hydrogens is 380 g/mol. The number of pyridine rings is 1. The number of nitrogens with one attached hydrogen (secondary N) is 2. The van der Waals surface area contributed by atoms with Gasteiger partial charge < -0.3 is 19.8 Å².